The molecular weight excluding hydrogens is 689 g/mol. The van der Waals surface area contributed by atoms with Crippen molar-refractivity contribution >= 4 is 36.7 Å². The van der Waals surface area contributed by atoms with E-state index in [1.807, 2.05) is 105 Å². The van der Waals surface area contributed by atoms with E-state index in [9.17, 15) is 19.5 Å². The number of nitrogens with one attached hydrogen (secondary N) is 1. The third kappa shape index (κ3) is 5.72. The molecule has 1 aromatic heterocycles. The highest BCUT2D eigenvalue weighted by Gasteiger charge is 2.66. The fourth-order valence-corrected chi connectivity index (χ4v) is 11.6. The van der Waals surface area contributed by atoms with Crippen molar-refractivity contribution in [3.63, 3.8) is 0 Å². The lowest BCUT2D eigenvalue weighted by atomic mass is 9.82. The maximum Gasteiger partial charge on any atom is 0.279 e. The third-order valence-corrected chi connectivity index (χ3v) is 14.1. The Balaban J connectivity index is 1.14. The van der Waals surface area contributed by atoms with Gasteiger partial charge in [0.05, 0.1) is 61.1 Å². The van der Waals surface area contributed by atoms with Crippen molar-refractivity contribution in [2.75, 3.05) is 18.6 Å². The lowest BCUT2D eigenvalue weighted by Crippen LogP contribution is -2.48. The van der Waals surface area contributed by atoms with E-state index in [1.165, 1.54) is 4.68 Å². The van der Waals surface area contributed by atoms with Crippen molar-refractivity contribution in [3.05, 3.63) is 124 Å². The highest BCUT2D eigenvalue weighted by Crippen LogP contribution is 2.60. The largest absolute Gasteiger partial charge is 0.497 e. The Hall–Kier alpha value is -5.01. The predicted octanol–water partition coefficient (Wildman–Crippen LogP) is 5.01. The van der Waals surface area contributed by atoms with E-state index in [4.69, 9.17) is 9.47 Å². The van der Waals surface area contributed by atoms with E-state index in [1.54, 1.807) is 23.0 Å². The zero-order chi connectivity index (χ0) is 37.2. The van der Waals surface area contributed by atoms with Gasteiger partial charge in [0.1, 0.15) is 5.75 Å². The van der Waals surface area contributed by atoms with Crippen molar-refractivity contribution < 1.29 is 29.0 Å². The molecule has 1 spiro atoms. The van der Waals surface area contributed by atoms with E-state index in [0.717, 1.165) is 22.2 Å². The zero-order valence-electron chi connectivity index (χ0n) is 30.3. The van der Waals surface area contributed by atoms with Crippen molar-refractivity contribution in [1.82, 2.24) is 14.7 Å². The van der Waals surface area contributed by atoms with Crippen LogP contribution in [0.5, 0.6) is 5.75 Å². The Morgan fingerprint density at radius 1 is 1.00 bits per heavy atom. The normalized spacial score (nSPS) is 23.8. The Morgan fingerprint density at radius 3 is 2.49 bits per heavy atom. The summed E-state index contributed by atoms with van der Waals surface area (Å²) in [5, 5.41) is 14.1. The molecular formula is C41H44N4O7Si. The average molecular weight is 733 g/mol. The second-order valence-electron chi connectivity index (χ2n) is 15.1. The summed E-state index contributed by atoms with van der Waals surface area (Å²) < 4.78 is 14.1. The van der Waals surface area contributed by atoms with Crippen LogP contribution in [0.25, 0.3) is 16.6 Å². The van der Waals surface area contributed by atoms with E-state index in [2.05, 4.69) is 5.10 Å². The van der Waals surface area contributed by atoms with Crippen molar-refractivity contribution in [1.29, 1.82) is 0 Å². The Morgan fingerprint density at radius 2 is 1.75 bits per heavy atom. The Labute approximate surface area is 308 Å². The Bertz CT molecular complexity index is 2300. The summed E-state index contributed by atoms with van der Waals surface area (Å²) in [6.07, 6.45) is -0.244. The van der Waals surface area contributed by atoms with Crippen LogP contribution < -0.4 is 15.2 Å². The number of carbonyl (C=O) groups is 2. The van der Waals surface area contributed by atoms with Crippen molar-refractivity contribution in [2.24, 2.45) is 5.92 Å². The molecule has 1 fully saturated rings. The van der Waals surface area contributed by atoms with E-state index in [0.29, 0.717) is 41.0 Å². The van der Waals surface area contributed by atoms with E-state index < -0.39 is 31.5 Å². The standard InChI is InChI=1S/C41H44N4O7Si/c1-25-38(53(3,4)50)36(21-37(47)43-23-28-12-6-5-11-27(28)19-30(43)24-46)52-41(25)33-20-31(51-2)16-17-35(33)44(40(41)49)22-26-10-9-13-29(18-26)45-39(48)32-14-7-8-15-34(32)42-45/h5-18,20,25,30,36,38,42,46,50H,19,21-24H2,1-4H3/t25-,30-,36+,38-,41+/m0/s1. The fraction of sp³-hybridized carbons (Fsp3) is 0.341. The minimum absolute atomic E-state index is 0.0414. The Kier molecular flexibility index (Phi) is 8.68. The number of methoxy groups -OCH3 is 1. The van der Waals surface area contributed by atoms with Crippen LogP contribution in [-0.4, -0.2) is 70.6 Å². The molecule has 0 radical (unpaired) electrons. The van der Waals surface area contributed by atoms with Gasteiger partial charge < -0.3 is 29.2 Å². The molecule has 4 heterocycles. The number of para-hydroxylation sites is 1. The van der Waals surface area contributed by atoms with Gasteiger partial charge in [0.25, 0.3) is 11.5 Å². The molecule has 5 atom stereocenters. The average Bonchev–Trinajstić information content (AvgIpc) is 3.73. The number of aromatic nitrogens is 2. The smallest absolute Gasteiger partial charge is 0.279 e. The van der Waals surface area contributed by atoms with E-state index in [-0.39, 0.29) is 43.0 Å². The molecule has 0 bridgehead atoms. The first kappa shape index (κ1) is 35.0. The van der Waals surface area contributed by atoms with Gasteiger partial charge >= 0.3 is 0 Å². The summed E-state index contributed by atoms with van der Waals surface area (Å²) in [7, 11) is -1.49. The molecule has 5 aromatic rings. The molecule has 274 valence electrons. The summed E-state index contributed by atoms with van der Waals surface area (Å²) in [5.41, 5.74) is 3.50. The number of anilines is 1. The number of hydrogen-bond donors (Lipinski definition) is 3. The first-order valence-corrected chi connectivity index (χ1v) is 21.1. The van der Waals surface area contributed by atoms with Gasteiger partial charge in [-0.3, -0.25) is 19.5 Å². The molecule has 3 aliphatic rings. The highest BCUT2D eigenvalue weighted by molar-refractivity contribution is 6.71. The van der Waals surface area contributed by atoms with Gasteiger partial charge in [0.15, 0.2) is 13.9 Å². The van der Waals surface area contributed by atoms with Crippen LogP contribution in [0.15, 0.2) is 95.8 Å². The SMILES string of the molecule is COc1ccc2c(c1)[C@@]1(O[C@H](CC(=O)N3Cc4ccccc4C[C@H]3CO)[C@@H]([Si](C)(C)O)[C@@H]1C)C(=O)N2Cc1cccc(-n2[nH]c3ccccc3c2=O)c1. The summed E-state index contributed by atoms with van der Waals surface area (Å²) in [6.45, 7) is 6.01. The van der Waals surface area contributed by atoms with Crippen molar-refractivity contribution in [2.45, 2.75) is 69.2 Å². The number of aliphatic hydroxyl groups excluding tert-OH is 1. The van der Waals surface area contributed by atoms with Crippen LogP contribution in [0.1, 0.15) is 35.6 Å². The molecule has 1 saturated heterocycles. The lowest BCUT2D eigenvalue weighted by Gasteiger charge is -2.37. The molecule has 3 aliphatic heterocycles. The molecule has 11 nitrogen and oxygen atoms in total. The van der Waals surface area contributed by atoms with Gasteiger partial charge in [-0.25, -0.2) is 4.68 Å². The molecule has 0 saturated carbocycles. The maximum atomic E-state index is 15.1. The first-order valence-electron chi connectivity index (χ1n) is 18.1. The van der Waals surface area contributed by atoms with Crippen LogP contribution in [0, 0.1) is 5.92 Å². The topological polar surface area (TPSA) is 137 Å². The van der Waals surface area contributed by atoms with Crippen LogP contribution in [0.3, 0.4) is 0 Å². The van der Waals surface area contributed by atoms with E-state index >= 15 is 4.79 Å². The van der Waals surface area contributed by atoms with Gasteiger partial charge in [-0.1, -0.05) is 55.5 Å². The second kappa shape index (κ2) is 13.1. The second-order valence-corrected chi connectivity index (χ2v) is 19.1. The highest BCUT2D eigenvalue weighted by atomic mass is 28.4. The molecule has 4 aromatic carbocycles. The van der Waals surface area contributed by atoms with Crippen LogP contribution >= 0.6 is 0 Å². The predicted molar refractivity (Wildman–Crippen MR) is 203 cm³/mol. The molecule has 53 heavy (non-hydrogen) atoms. The quantitative estimate of drug-likeness (QED) is 0.191. The number of ether oxygens (including phenoxy) is 2. The number of carbonyl (C=O) groups excluding carboxylic acids is 2. The number of aromatic amines is 1. The molecule has 8 rings (SSSR count). The van der Waals surface area contributed by atoms with Gasteiger partial charge in [0, 0.05) is 23.6 Å². The summed E-state index contributed by atoms with van der Waals surface area (Å²) >= 11 is 0. The number of H-pyrrole nitrogens is 1. The number of nitrogens with zero attached hydrogens (tertiary/aromatic N) is 3. The third-order valence-electron chi connectivity index (χ3n) is 11.6. The number of rotatable bonds is 8. The lowest BCUT2D eigenvalue weighted by molar-refractivity contribution is -0.151. The van der Waals surface area contributed by atoms with Gasteiger partial charge in [-0.15, -0.1) is 0 Å². The number of fused-ring (bicyclic) bond motifs is 4. The summed E-state index contributed by atoms with van der Waals surface area (Å²) in [5.74, 6) is -0.390. The first-order chi connectivity index (χ1) is 25.4. The molecule has 2 amide bonds. The van der Waals surface area contributed by atoms with Gasteiger partial charge in [-0.2, -0.15) is 0 Å². The summed E-state index contributed by atoms with van der Waals surface area (Å²) in [6, 6.07) is 27.9. The molecule has 3 N–H and O–H groups in total. The van der Waals surface area contributed by atoms with Gasteiger partial charge in [-0.05, 0) is 78.7 Å². The molecule has 0 aliphatic carbocycles. The number of aliphatic hydroxyl groups is 1. The van der Waals surface area contributed by atoms with Crippen LogP contribution in [0.2, 0.25) is 18.6 Å². The minimum Gasteiger partial charge on any atom is -0.497 e. The summed E-state index contributed by atoms with van der Waals surface area (Å²) in [4.78, 5) is 57.8. The van der Waals surface area contributed by atoms with Gasteiger partial charge in [0.2, 0.25) is 5.91 Å². The zero-order valence-corrected chi connectivity index (χ0v) is 31.3. The maximum absolute atomic E-state index is 15.1. The van der Waals surface area contributed by atoms with Crippen LogP contribution in [-0.2, 0) is 39.4 Å². The van der Waals surface area contributed by atoms with Crippen molar-refractivity contribution in [3.8, 4) is 11.4 Å². The molecule has 0 unspecified atom stereocenters. The van der Waals surface area contributed by atoms with Crippen LogP contribution in [0.4, 0.5) is 5.69 Å². The fourth-order valence-electron chi connectivity index (χ4n) is 9.09. The molecule has 12 heteroatoms. The number of amides is 2. The number of benzene rings is 4. The monoisotopic (exact) mass is 732 g/mol. The number of hydrogen-bond acceptors (Lipinski definition) is 7. The minimum atomic E-state index is -3.06.